The van der Waals surface area contributed by atoms with E-state index in [1.807, 2.05) is 37.9 Å². The second kappa shape index (κ2) is 9.92. The highest BCUT2D eigenvalue weighted by molar-refractivity contribution is 5.87. The number of aromatic nitrogens is 1. The van der Waals surface area contributed by atoms with Gasteiger partial charge in [0.05, 0.1) is 0 Å². The van der Waals surface area contributed by atoms with Gasteiger partial charge in [0.25, 0.3) is 0 Å². The van der Waals surface area contributed by atoms with Gasteiger partial charge < -0.3 is 4.74 Å². The number of hydrogen-bond donors (Lipinski definition) is 0. The minimum Gasteiger partial charge on any atom is -0.443 e. The van der Waals surface area contributed by atoms with Crippen molar-refractivity contribution in [3.05, 3.63) is 23.9 Å². The molecule has 5 heteroatoms. The second-order valence-electron chi connectivity index (χ2n) is 9.64. The van der Waals surface area contributed by atoms with Gasteiger partial charge in [0.15, 0.2) is 0 Å². The Bertz CT molecular complexity index is 647. The molecular weight excluding hydrogens is 362 g/mol. The molecule has 1 aromatic rings. The Morgan fingerprint density at radius 1 is 1.17 bits per heavy atom. The minimum atomic E-state index is -0.506. The third-order valence-electron chi connectivity index (χ3n) is 6.09. The number of nitrogens with zero attached hydrogens (tertiary/aromatic N) is 3. The predicted octanol–water partition coefficient (Wildman–Crippen LogP) is 6.09. The van der Waals surface area contributed by atoms with E-state index in [2.05, 4.69) is 17.9 Å². The first kappa shape index (κ1) is 22.1. The van der Waals surface area contributed by atoms with Crippen LogP contribution in [0.3, 0.4) is 0 Å². The first-order valence-corrected chi connectivity index (χ1v) is 11.6. The van der Waals surface area contributed by atoms with E-state index in [1.165, 1.54) is 44.2 Å². The van der Waals surface area contributed by atoms with E-state index in [0.29, 0.717) is 6.04 Å². The van der Waals surface area contributed by atoms with Crippen LogP contribution in [0.4, 0.5) is 10.6 Å². The van der Waals surface area contributed by atoms with Crippen LogP contribution >= 0.6 is 0 Å². The van der Waals surface area contributed by atoms with Crippen molar-refractivity contribution in [3.63, 3.8) is 0 Å². The molecular formula is C24H39N3O2. The summed E-state index contributed by atoms with van der Waals surface area (Å²) in [6.07, 6.45) is 12.3. The number of likely N-dealkylation sites (tertiary alicyclic amines) is 1. The van der Waals surface area contributed by atoms with Crippen LogP contribution < -0.4 is 4.90 Å². The number of carbonyl (C=O) groups excluding carboxylic acids is 1. The Morgan fingerprint density at radius 2 is 1.93 bits per heavy atom. The van der Waals surface area contributed by atoms with Crippen molar-refractivity contribution in [2.24, 2.45) is 0 Å². The standard InChI is InChI=1S/C24H39N3O2/c1-5-6-16-26-17-10-13-21(26)19-14-15-22(25-18-19)27(20-11-8-7-9-12-20)23(28)29-24(2,3)4/h14-15,18,20-21H,5-13,16-17H2,1-4H3. The van der Waals surface area contributed by atoms with Crippen LogP contribution in [0.2, 0.25) is 0 Å². The van der Waals surface area contributed by atoms with Crippen LogP contribution in [0, 0.1) is 0 Å². The third-order valence-corrected chi connectivity index (χ3v) is 6.09. The molecule has 0 aromatic carbocycles. The van der Waals surface area contributed by atoms with E-state index >= 15 is 0 Å². The molecule has 1 unspecified atom stereocenters. The van der Waals surface area contributed by atoms with Crippen molar-refractivity contribution in [1.29, 1.82) is 0 Å². The van der Waals surface area contributed by atoms with E-state index in [0.717, 1.165) is 38.0 Å². The van der Waals surface area contributed by atoms with Crippen LogP contribution in [0.5, 0.6) is 0 Å². The van der Waals surface area contributed by atoms with E-state index < -0.39 is 5.60 Å². The fourth-order valence-electron chi connectivity index (χ4n) is 4.65. The summed E-state index contributed by atoms with van der Waals surface area (Å²) in [6, 6.07) is 4.86. The maximum absolute atomic E-state index is 13.0. The van der Waals surface area contributed by atoms with E-state index in [-0.39, 0.29) is 12.1 Å². The first-order valence-electron chi connectivity index (χ1n) is 11.6. The molecule has 1 saturated carbocycles. The molecule has 2 fully saturated rings. The number of amides is 1. The highest BCUT2D eigenvalue weighted by Gasteiger charge is 2.32. The molecule has 2 aliphatic rings. The zero-order valence-electron chi connectivity index (χ0n) is 18.8. The molecule has 29 heavy (non-hydrogen) atoms. The monoisotopic (exact) mass is 401 g/mol. The van der Waals surface area contributed by atoms with Crippen molar-refractivity contribution >= 4 is 11.9 Å². The molecule has 0 radical (unpaired) electrons. The van der Waals surface area contributed by atoms with Gasteiger partial charge >= 0.3 is 6.09 Å². The molecule has 5 nitrogen and oxygen atoms in total. The van der Waals surface area contributed by atoms with Gasteiger partial charge in [-0.15, -0.1) is 0 Å². The van der Waals surface area contributed by atoms with Gasteiger partial charge in [-0.05, 0) is 77.6 Å². The molecule has 1 atom stereocenters. The summed E-state index contributed by atoms with van der Waals surface area (Å²) in [5, 5.41) is 0. The van der Waals surface area contributed by atoms with E-state index in [9.17, 15) is 4.79 Å². The molecule has 162 valence electrons. The number of rotatable bonds is 6. The number of ether oxygens (including phenoxy) is 1. The van der Waals surface area contributed by atoms with Crippen molar-refractivity contribution in [3.8, 4) is 0 Å². The second-order valence-corrected chi connectivity index (χ2v) is 9.64. The van der Waals surface area contributed by atoms with Gasteiger partial charge in [0, 0.05) is 18.3 Å². The van der Waals surface area contributed by atoms with E-state index in [4.69, 9.17) is 9.72 Å². The molecule has 1 saturated heterocycles. The lowest BCUT2D eigenvalue weighted by atomic mass is 9.94. The average molecular weight is 402 g/mol. The fraction of sp³-hybridized carbons (Fsp3) is 0.750. The number of hydrogen-bond acceptors (Lipinski definition) is 4. The lowest BCUT2D eigenvalue weighted by molar-refractivity contribution is 0.0556. The third kappa shape index (κ3) is 5.94. The average Bonchev–Trinajstić information content (AvgIpc) is 3.15. The number of unbranched alkanes of at least 4 members (excludes halogenated alkanes) is 1. The van der Waals surface area contributed by atoms with Crippen molar-refractivity contribution in [2.45, 2.75) is 103 Å². The predicted molar refractivity (Wildman–Crippen MR) is 118 cm³/mol. The summed E-state index contributed by atoms with van der Waals surface area (Å²) in [5.41, 5.74) is 0.767. The van der Waals surface area contributed by atoms with Crippen LogP contribution in [0.25, 0.3) is 0 Å². The van der Waals surface area contributed by atoms with Crippen LogP contribution in [0.15, 0.2) is 18.3 Å². The molecule has 1 amide bonds. The summed E-state index contributed by atoms with van der Waals surface area (Å²) >= 11 is 0. The van der Waals surface area contributed by atoms with Gasteiger partial charge in [-0.1, -0.05) is 38.7 Å². The van der Waals surface area contributed by atoms with Gasteiger partial charge in [-0.25, -0.2) is 9.78 Å². The maximum atomic E-state index is 13.0. The summed E-state index contributed by atoms with van der Waals surface area (Å²) in [6.45, 7) is 10.4. The number of carbonyl (C=O) groups is 1. The van der Waals surface area contributed by atoms with Crippen LogP contribution in [0.1, 0.15) is 97.1 Å². The Hall–Kier alpha value is -1.62. The Balaban J connectivity index is 1.78. The Kier molecular flexibility index (Phi) is 7.55. The van der Waals surface area contributed by atoms with Gasteiger partial charge in [-0.2, -0.15) is 0 Å². The van der Waals surface area contributed by atoms with Crippen molar-refractivity contribution < 1.29 is 9.53 Å². The van der Waals surface area contributed by atoms with Crippen molar-refractivity contribution in [2.75, 3.05) is 18.0 Å². The fourth-order valence-corrected chi connectivity index (χ4v) is 4.65. The maximum Gasteiger partial charge on any atom is 0.416 e. The summed E-state index contributed by atoms with van der Waals surface area (Å²) in [4.78, 5) is 22.2. The lowest BCUT2D eigenvalue weighted by Crippen LogP contribution is -2.45. The van der Waals surface area contributed by atoms with Crippen molar-refractivity contribution in [1.82, 2.24) is 9.88 Å². The van der Waals surface area contributed by atoms with Crippen LogP contribution in [-0.2, 0) is 4.74 Å². The number of pyridine rings is 1. The Labute approximate surface area is 176 Å². The van der Waals surface area contributed by atoms with Gasteiger partial charge in [0.2, 0.25) is 0 Å². The molecule has 1 aliphatic heterocycles. The summed E-state index contributed by atoms with van der Waals surface area (Å²) < 4.78 is 5.74. The van der Waals surface area contributed by atoms with E-state index in [1.54, 1.807) is 0 Å². The normalized spacial score (nSPS) is 21.3. The molecule has 0 N–H and O–H groups in total. The zero-order chi connectivity index (χ0) is 20.9. The smallest absolute Gasteiger partial charge is 0.416 e. The largest absolute Gasteiger partial charge is 0.443 e. The molecule has 0 bridgehead atoms. The Morgan fingerprint density at radius 3 is 2.55 bits per heavy atom. The van der Waals surface area contributed by atoms with Gasteiger partial charge in [0.1, 0.15) is 11.4 Å². The molecule has 3 rings (SSSR count). The zero-order valence-corrected chi connectivity index (χ0v) is 18.8. The highest BCUT2D eigenvalue weighted by Crippen LogP contribution is 2.33. The SMILES string of the molecule is CCCCN1CCCC1c1ccc(N(C(=O)OC(C)(C)C)C2CCCCC2)nc1. The topological polar surface area (TPSA) is 45.7 Å². The molecule has 2 heterocycles. The highest BCUT2D eigenvalue weighted by atomic mass is 16.6. The number of anilines is 1. The molecule has 1 aromatic heterocycles. The quantitative estimate of drug-likeness (QED) is 0.578. The van der Waals surface area contributed by atoms with Crippen LogP contribution in [-0.4, -0.2) is 40.7 Å². The van der Waals surface area contributed by atoms with Gasteiger partial charge in [-0.3, -0.25) is 9.80 Å². The molecule has 1 aliphatic carbocycles. The summed E-state index contributed by atoms with van der Waals surface area (Å²) in [5.74, 6) is 0.730. The minimum absolute atomic E-state index is 0.185. The summed E-state index contributed by atoms with van der Waals surface area (Å²) in [7, 11) is 0. The first-order chi connectivity index (χ1) is 13.9. The lowest BCUT2D eigenvalue weighted by Gasteiger charge is -2.35. The molecule has 0 spiro atoms.